The molecule has 0 N–H and O–H groups in total. The highest BCUT2D eigenvalue weighted by molar-refractivity contribution is 7.26. The van der Waals surface area contributed by atoms with E-state index < -0.39 is 0 Å². The Hall–Kier alpha value is -6.03. The molecule has 224 valence electrons. The van der Waals surface area contributed by atoms with Crippen LogP contribution in [0.2, 0.25) is 0 Å². The van der Waals surface area contributed by atoms with E-state index in [9.17, 15) is 4.79 Å². The normalized spacial score (nSPS) is 11.8. The van der Waals surface area contributed by atoms with E-state index >= 15 is 0 Å². The molecule has 2 nitrogen and oxygen atoms in total. The molecule has 10 rings (SSSR count). The number of hydrogen-bond acceptors (Lipinski definition) is 2. The summed E-state index contributed by atoms with van der Waals surface area (Å²) in [6.45, 7) is 0. The van der Waals surface area contributed by atoms with Crippen molar-refractivity contribution < 1.29 is 0 Å². The Labute approximate surface area is 280 Å². The molecule has 0 atom stereocenters. The highest BCUT2D eigenvalue weighted by Gasteiger charge is 2.20. The monoisotopic (exact) mass is 629 g/mol. The molecule has 0 saturated carbocycles. The van der Waals surface area contributed by atoms with Gasteiger partial charge in [0, 0.05) is 42.2 Å². The summed E-state index contributed by atoms with van der Waals surface area (Å²) in [5.41, 5.74) is 6.52. The quantitative estimate of drug-likeness (QED) is 0.141. The summed E-state index contributed by atoms with van der Waals surface area (Å²) >= 11 is 1.87. The van der Waals surface area contributed by atoms with Crippen LogP contribution in [-0.2, 0) is 0 Å². The van der Waals surface area contributed by atoms with Crippen LogP contribution in [0.15, 0.2) is 169 Å². The largest absolute Gasteiger partial charge is 0.276 e. The summed E-state index contributed by atoms with van der Waals surface area (Å²) in [5.74, 6) is 0. The fraction of sp³-hybridized carbons (Fsp3) is 0. The molecule has 2 heterocycles. The summed E-state index contributed by atoms with van der Waals surface area (Å²) in [7, 11) is 0. The van der Waals surface area contributed by atoms with Gasteiger partial charge in [0.15, 0.2) is 0 Å². The van der Waals surface area contributed by atoms with E-state index in [0.29, 0.717) is 0 Å². The number of para-hydroxylation sites is 1. The molecule has 3 heteroatoms. The molecule has 48 heavy (non-hydrogen) atoms. The van der Waals surface area contributed by atoms with Crippen LogP contribution in [0.3, 0.4) is 0 Å². The van der Waals surface area contributed by atoms with Crippen molar-refractivity contribution in [3.63, 3.8) is 0 Å². The predicted octanol–water partition coefficient (Wildman–Crippen LogP) is 12.2. The number of thiophene rings is 1. The first-order valence-corrected chi connectivity index (χ1v) is 17.1. The molecule has 0 fully saturated rings. The standard InChI is InChI=1S/C45H27NOS/c47-45-38-21-9-4-15-30(38)31-26-25-28(27-40(31)46(45)29-13-2-1-3-14-29)42-33-17-5-7-19-35(33)43(36-20-8-6-18-34(36)42)39-23-12-22-37-32-16-10-11-24-41(32)48-44(37)39/h1-27H. The van der Waals surface area contributed by atoms with Gasteiger partial charge in [-0.05, 0) is 74.0 Å². The van der Waals surface area contributed by atoms with Crippen molar-refractivity contribution in [3.05, 3.63) is 174 Å². The second-order valence-corrected chi connectivity index (χ2v) is 13.4. The maximum absolute atomic E-state index is 14.2. The zero-order valence-corrected chi connectivity index (χ0v) is 26.7. The molecular weight excluding hydrogens is 603 g/mol. The smallest absolute Gasteiger partial charge is 0.263 e. The zero-order valence-electron chi connectivity index (χ0n) is 25.9. The minimum Gasteiger partial charge on any atom is -0.276 e. The molecule has 2 aromatic heterocycles. The predicted molar refractivity (Wildman–Crippen MR) is 206 cm³/mol. The molecular formula is C45H27NOS. The molecule has 0 aliphatic rings. The Bertz CT molecular complexity index is 2910. The van der Waals surface area contributed by atoms with Crippen molar-refractivity contribution >= 4 is 74.7 Å². The van der Waals surface area contributed by atoms with Crippen LogP contribution in [0.1, 0.15) is 0 Å². The molecule has 0 bridgehead atoms. The van der Waals surface area contributed by atoms with Crippen molar-refractivity contribution in [1.29, 1.82) is 0 Å². The second-order valence-electron chi connectivity index (χ2n) is 12.4. The number of rotatable bonds is 3. The Morgan fingerprint density at radius 1 is 0.417 bits per heavy atom. The number of hydrogen-bond donors (Lipinski definition) is 0. The lowest BCUT2D eigenvalue weighted by atomic mass is 9.85. The number of nitrogens with zero attached hydrogens (tertiary/aromatic N) is 1. The van der Waals surface area contributed by atoms with Crippen molar-refractivity contribution in [2.45, 2.75) is 0 Å². The van der Waals surface area contributed by atoms with Crippen molar-refractivity contribution in [3.8, 4) is 27.9 Å². The Morgan fingerprint density at radius 3 is 1.69 bits per heavy atom. The van der Waals surface area contributed by atoms with Crippen LogP contribution in [0.5, 0.6) is 0 Å². The van der Waals surface area contributed by atoms with Crippen molar-refractivity contribution in [1.82, 2.24) is 4.57 Å². The van der Waals surface area contributed by atoms with E-state index in [1.165, 1.54) is 58.4 Å². The summed E-state index contributed by atoms with van der Waals surface area (Å²) in [5, 5.41) is 10.2. The minimum atomic E-state index is -0.0112. The molecule has 0 aliphatic heterocycles. The van der Waals surface area contributed by atoms with Gasteiger partial charge in [0.05, 0.1) is 5.52 Å². The van der Waals surface area contributed by atoms with Gasteiger partial charge < -0.3 is 0 Å². The fourth-order valence-corrected chi connectivity index (χ4v) is 8.96. The topological polar surface area (TPSA) is 22.0 Å². The van der Waals surface area contributed by atoms with Crippen LogP contribution in [0, 0.1) is 0 Å². The van der Waals surface area contributed by atoms with Crippen molar-refractivity contribution in [2.24, 2.45) is 0 Å². The van der Waals surface area contributed by atoms with E-state index in [0.717, 1.165) is 32.9 Å². The molecule has 0 aliphatic carbocycles. The van der Waals surface area contributed by atoms with E-state index in [4.69, 9.17) is 0 Å². The van der Waals surface area contributed by atoms with Crippen LogP contribution < -0.4 is 5.56 Å². The lowest BCUT2D eigenvalue weighted by molar-refractivity contribution is 1.06. The number of benzene rings is 8. The van der Waals surface area contributed by atoms with E-state index in [1.807, 2.05) is 64.4 Å². The first-order chi connectivity index (χ1) is 23.8. The minimum absolute atomic E-state index is 0.0112. The lowest BCUT2D eigenvalue weighted by Crippen LogP contribution is -2.19. The van der Waals surface area contributed by atoms with Gasteiger partial charge in [-0.3, -0.25) is 9.36 Å². The van der Waals surface area contributed by atoms with Gasteiger partial charge in [0.1, 0.15) is 0 Å². The van der Waals surface area contributed by atoms with E-state index in [2.05, 4.69) is 115 Å². The van der Waals surface area contributed by atoms with E-state index in [-0.39, 0.29) is 5.56 Å². The number of pyridine rings is 1. The molecule has 0 amide bonds. The molecule has 0 unspecified atom stereocenters. The lowest BCUT2D eigenvalue weighted by Gasteiger charge is -2.19. The van der Waals surface area contributed by atoms with Crippen molar-refractivity contribution in [2.75, 3.05) is 0 Å². The van der Waals surface area contributed by atoms with Gasteiger partial charge >= 0.3 is 0 Å². The third kappa shape index (κ3) is 3.89. The maximum atomic E-state index is 14.2. The third-order valence-electron chi connectivity index (χ3n) is 9.80. The zero-order chi connectivity index (χ0) is 31.8. The first-order valence-electron chi connectivity index (χ1n) is 16.2. The van der Waals surface area contributed by atoms with Gasteiger partial charge in [-0.1, -0.05) is 133 Å². The van der Waals surface area contributed by atoms with Crippen LogP contribution in [0.25, 0.3) is 91.3 Å². The summed E-state index contributed by atoms with van der Waals surface area (Å²) in [6, 6.07) is 57.6. The van der Waals surface area contributed by atoms with E-state index in [1.54, 1.807) is 0 Å². The number of aromatic nitrogens is 1. The summed E-state index contributed by atoms with van der Waals surface area (Å²) in [6.07, 6.45) is 0. The average molecular weight is 630 g/mol. The highest BCUT2D eigenvalue weighted by Crippen LogP contribution is 2.48. The SMILES string of the molecule is O=c1c2ccccc2c2ccc(-c3c4ccccc4c(-c4cccc5c4sc4ccccc45)c4ccccc34)cc2n1-c1ccccc1. The van der Waals surface area contributed by atoms with Gasteiger partial charge in [0.2, 0.25) is 0 Å². The fourth-order valence-electron chi connectivity index (χ4n) is 7.74. The first kappa shape index (κ1) is 27.1. The molecule has 0 saturated heterocycles. The molecule has 10 aromatic rings. The summed E-state index contributed by atoms with van der Waals surface area (Å²) < 4.78 is 4.49. The van der Waals surface area contributed by atoms with Crippen LogP contribution in [0.4, 0.5) is 0 Å². The average Bonchev–Trinajstić information content (AvgIpc) is 3.53. The van der Waals surface area contributed by atoms with Gasteiger partial charge in [-0.2, -0.15) is 0 Å². The number of fused-ring (bicyclic) bond motifs is 8. The Balaban J connectivity index is 1.33. The van der Waals surface area contributed by atoms with Gasteiger partial charge in [-0.15, -0.1) is 11.3 Å². The van der Waals surface area contributed by atoms with Gasteiger partial charge in [0.25, 0.3) is 5.56 Å². The Morgan fingerprint density at radius 2 is 0.979 bits per heavy atom. The summed E-state index contributed by atoms with van der Waals surface area (Å²) in [4.78, 5) is 14.2. The molecule has 0 radical (unpaired) electrons. The third-order valence-corrected chi connectivity index (χ3v) is 11.0. The molecule has 8 aromatic carbocycles. The maximum Gasteiger partial charge on any atom is 0.263 e. The highest BCUT2D eigenvalue weighted by atomic mass is 32.1. The van der Waals surface area contributed by atoms with Crippen LogP contribution >= 0.6 is 11.3 Å². The van der Waals surface area contributed by atoms with Gasteiger partial charge in [-0.25, -0.2) is 0 Å². The Kier molecular flexibility index (Phi) is 5.93. The molecule has 0 spiro atoms. The second kappa shape index (κ2) is 10.5. The van der Waals surface area contributed by atoms with Crippen LogP contribution in [-0.4, -0.2) is 4.57 Å².